The predicted molar refractivity (Wildman–Crippen MR) is 129 cm³/mol. The Kier molecular flexibility index (Phi) is 11.8. The fourth-order valence-corrected chi connectivity index (χ4v) is 3.12. The molecule has 6 heteroatoms. The Morgan fingerprint density at radius 2 is 1.88 bits per heavy atom. The van der Waals surface area contributed by atoms with E-state index in [1.54, 1.807) is 37.5 Å². The first kappa shape index (κ1) is 26.9. The van der Waals surface area contributed by atoms with E-state index >= 15 is 0 Å². The molecular weight excluding hydrogens is 404 g/mol. The minimum absolute atomic E-state index is 0.0545. The summed E-state index contributed by atoms with van der Waals surface area (Å²) in [5.41, 5.74) is 1.99. The number of furan rings is 1. The molecule has 2 aromatic heterocycles. The first-order chi connectivity index (χ1) is 15.5. The van der Waals surface area contributed by atoms with Gasteiger partial charge in [-0.1, -0.05) is 47.1 Å². The number of Topliss-reactive ketones (excluding diaryl/α,β-unsaturated/α-hetero) is 1. The van der Waals surface area contributed by atoms with Gasteiger partial charge >= 0.3 is 0 Å². The number of carbonyl (C=O) groups excluding carboxylic acids is 2. The molecule has 0 saturated carbocycles. The van der Waals surface area contributed by atoms with Crippen LogP contribution in [0.1, 0.15) is 76.1 Å². The SMILES string of the molecule is CC.CC.CCCC(NC(=O)c1c(C)oc2ccc(OCc3cccnc3)cc12)C(C)=O. The van der Waals surface area contributed by atoms with Gasteiger partial charge in [-0.25, -0.2) is 0 Å². The van der Waals surface area contributed by atoms with E-state index in [9.17, 15) is 9.59 Å². The molecule has 0 radical (unpaired) electrons. The summed E-state index contributed by atoms with van der Waals surface area (Å²) < 4.78 is 11.6. The fraction of sp³-hybridized carbons (Fsp3) is 0.423. The first-order valence-corrected chi connectivity index (χ1v) is 11.4. The van der Waals surface area contributed by atoms with Crippen LogP contribution in [-0.2, 0) is 11.4 Å². The van der Waals surface area contributed by atoms with Crippen molar-refractivity contribution in [1.29, 1.82) is 0 Å². The van der Waals surface area contributed by atoms with E-state index in [0.717, 1.165) is 12.0 Å². The van der Waals surface area contributed by atoms with Crippen molar-refractivity contribution in [2.75, 3.05) is 0 Å². The van der Waals surface area contributed by atoms with Crippen molar-refractivity contribution in [1.82, 2.24) is 10.3 Å². The molecular formula is C26H36N2O4. The maximum atomic E-state index is 12.8. The number of rotatable bonds is 8. The van der Waals surface area contributed by atoms with E-state index in [2.05, 4.69) is 10.3 Å². The van der Waals surface area contributed by atoms with Gasteiger partial charge in [0.2, 0.25) is 0 Å². The lowest BCUT2D eigenvalue weighted by Gasteiger charge is -2.14. The number of ketones is 1. The molecule has 174 valence electrons. The van der Waals surface area contributed by atoms with Gasteiger partial charge in [0, 0.05) is 23.3 Å². The van der Waals surface area contributed by atoms with Crippen molar-refractivity contribution in [3.8, 4) is 5.75 Å². The second kappa shape index (κ2) is 14.0. The maximum absolute atomic E-state index is 12.8. The normalized spacial score (nSPS) is 10.8. The highest BCUT2D eigenvalue weighted by atomic mass is 16.5. The Balaban J connectivity index is 0.00000121. The molecule has 0 bridgehead atoms. The second-order valence-corrected chi connectivity index (χ2v) is 6.77. The molecule has 1 unspecified atom stereocenters. The van der Waals surface area contributed by atoms with Crippen LogP contribution in [0, 0.1) is 6.92 Å². The van der Waals surface area contributed by atoms with E-state index in [1.165, 1.54) is 6.92 Å². The van der Waals surface area contributed by atoms with E-state index in [0.29, 0.717) is 41.1 Å². The van der Waals surface area contributed by atoms with E-state index in [-0.39, 0.29) is 11.7 Å². The van der Waals surface area contributed by atoms with Crippen LogP contribution in [0.15, 0.2) is 47.1 Å². The summed E-state index contributed by atoms with van der Waals surface area (Å²) in [5, 5.41) is 3.50. The summed E-state index contributed by atoms with van der Waals surface area (Å²) >= 11 is 0. The summed E-state index contributed by atoms with van der Waals surface area (Å²) in [6.45, 7) is 13.6. The van der Waals surface area contributed by atoms with Crippen LogP contribution in [0.4, 0.5) is 0 Å². The van der Waals surface area contributed by atoms with E-state index < -0.39 is 6.04 Å². The molecule has 2 heterocycles. The highest BCUT2D eigenvalue weighted by Crippen LogP contribution is 2.29. The van der Waals surface area contributed by atoms with Gasteiger partial charge in [-0.3, -0.25) is 14.6 Å². The van der Waals surface area contributed by atoms with Crippen LogP contribution in [0.2, 0.25) is 0 Å². The molecule has 0 aliphatic rings. The smallest absolute Gasteiger partial charge is 0.256 e. The van der Waals surface area contributed by atoms with Gasteiger partial charge in [0.1, 0.15) is 23.7 Å². The zero-order chi connectivity index (χ0) is 24.1. The number of ether oxygens (including phenoxy) is 1. The lowest BCUT2D eigenvalue weighted by molar-refractivity contribution is -0.118. The Morgan fingerprint density at radius 1 is 1.16 bits per heavy atom. The number of aryl methyl sites for hydroxylation is 1. The van der Waals surface area contributed by atoms with Crippen LogP contribution in [0.25, 0.3) is 11.0 Å². The summed E-state index contributed by atoms with van der Waals surface area (Å²) in [6, 6.07) is 8.67. The number of nitrogens with zero attached hydrogens (tertiary/aromatic N) is 1. The maximum Gasteiger partial charge on any atom is 0.256 e. The minimum Gasteiger partial charge on any atom is -0.489 e. The number of nitrogens with one attached hydrogen (secondary N) is 1. The molecule has 3 aromatic rings. The summed E-state index contributed by atoms with van der Waals surface area (Å²) in [4.78, 5) is 28.7. The zero-order valence-electron chi connectivity index (χ0n) is 20.3. The zero-order valence-corrected chi connectivity index (χ0v) is 20.3. The lowest BCUT2D eigenvalue weighted by atomic mass is 10.1. The third kappa shape index (κ3) is 7.22. The molecule has 1 amide bonds. The van der Waals surface area contributed by atoms with Crippen LogP contribution in [0.3, 0.4) is 0 Å². The topological polar surface area (TPSA) is 81.4 Å². The third-order valence-electron chi connectivity index (χ3n) is 4.56. The van der Waals surface area contributed by atoms with Gasteiger partial charge in [-0.15, -0.1) is 0 Å². The molecule has 1 N–H and O–H groups in total. The number of hydrogen-bond donors (Lipinski definition) is 1. The number of aromatic nitrogens is 1. The summed E-state index contributed by atoms with van der Waals surface area (Å²) in [5.74, 6) is 0.772. The Bertz CT molecular complexity index is 980. The first-order valence-electron chi connectivity index (χ1n) is 11.4. The summed E-state index contributed by atoms with van der Waals surface area (Å²) in [6.07, 6.45) is 4.87. The Labute approximate surface area is 191 Å². The number of amides is 1. The van der Waals surface area contributed by atoms with Gasteiger partial charge in [0.25, 0.3) is 5.91 Å². The largest absolute Gasteiger partial charge is 0.489 e. The highest BCUT2D eigenvalue weighted by molar-refractivity contribution is 6.08. The average Bonchev–Trinajstić information content (AvgIpc) is 3.15. The minimum atomic E-state index is -0.494. The van der Waals surface area contributed by atoms with Crippen molar-refractivity contribution < 1.29 is 18.7 Å². The van der Waals surface area contributed by atoms with E-state index in [1.807, 2.05) is 46.8 Å². The second-order valence-electron chi connectivity index (χ2n) is 6.77. The van der Waals surface area contributed by atoms with Gasteiger partial charge in [-0.2, -0.15) is 0 Å². The number of carbonyl (C=O) groups is 2. The van der Waals surface area contributed by atoms with Gasteiger partial charge in [0.05, 0.1) is 11.6 Å². The standard InChI is InChI=1S/C22H24N2O4.2C2H6/c1-4-6-19(14(2)25)24-22(26)21-15(3)28-20-9-8-17(11-18(20)21)27-13-16-7-5-10-23-12-16;2*1-2/h5,7-12,19H,4,6,13H2,1-3H3,(H,24,26);2*1-2H3. The van der Waals surface area contributed by atoms with Crippen LogP contribution >= 0.6 is 0 Å². The number of fused-ring (bicyclic) bond motifs is 1. The van der Waals surface area contributed by atoms with Crippen molar-refractivity contribution in [3.63, 3.8) is 0 Å². The number of hydrogen-bond acceptors (Lipinski definition) is 5. The Morgan fingerprint density at radius 3 is 2.47 bits per heavy atom. The molecule has 32 heavy (non-hydrogen) atoms. The molecule has 1 atom stereocenters. The van der Waals surface area contributed by atoms with Crippen molar-refractivity contribution in [2.24, 2.45) is 0 Å². The van der Waals surface area contributed by atoms with Crippen LogP contribution in [-0.4, -0.2) is 22.7 Å². The monoisotopic (exact) mass is 440 g/mol. The number of benzene rings is 1. The quantitative estimate of drug-likeness (QED) is 0.447. The van der Waals surface area contributed by atoms with Crippen molar-refractivity contribution in [3.05, 3.63) is 59.6 Å². The van der Waals surface area contributed by atoms with Crippen molar-refractivity contribution in [2.45, 2.75) is 74.0 Å². The highest BCUT2D eigenvalue weighted by Gasteiger charge is 2.23. The molecule has 0 saturated heterocycles. The van der Waals surface area contributed by atoms with Gasteiger partial charge in [-0.05, 0) is 44.5 Å². The molecule has 0 aliphatic heterocycles. The molecule has 0 aliphatic carbocycles. The van der Waals surface area contributed by atoms with Crippen LogP contribution in [0.5, 0.6) is 5.75 Å². The molecule has 3 rings (SSSR count). The average molecular weight is 441 g/mol. The van der Waals surface area contributed by atoms with Crippen LogP contribution < -0.4 is 10.1 Å². The third-order valence-corrected chi connectivity index (χ3v) is 4.56. The molecule has 0 fully saturated rings. The fourth-order valence-electron chi connectivity index (χ4n) is 3.12. The molecule has 1 aromatic carbocycles. The molecule has 0 spiro atoms. The van der Waals surface area contributed by atoms with Gasteiger partial charge in [0.15, 0.2) is 5.78 Å². The Hall–Kier alpha value is -3.15. The van der Waals surface area contributed by atoms with Gasteiger partial charge < -0.3 is 14.5 Å². The number of pyridine rings is 1. The van der Waals surface area contributed by atoms with Crippen molar-refractivity contribution >= 4 is 22.7 Å². The van der Waals surface area contributed by atoms with E-state index in [4.69, 9.17) is 9.15 Å². The molecule has 6 nitrogen and oxygen atoms in total. The summed E-state index contributed by atoms with van der Waals surface area (Å²) in [7, 11) is 0. The predicted octanol–water partition coefficient (Wildman–Crippen LogP) is 6.26. The lowest BCUT2D eigenvalue weighted by Crippen LogP contribution is -2.39.